The molecule has 2 heterocycles. The molecule has 1 unspecified atom stereocenters. The smallest absolute Gasteiger partial charge is 0.180 e. The second-order valence-corrected chi connectivity index (χ2v) is 3.46. The van der Waals surface area contributed by atoms with Crippen LogP contribution in [0.3, 0.4) is 0 Å². The average molecular weight is 182 g/mol. The van der Waals surface area contributed by atoms with Gasteiger partial charge in [0.15, 0.2) is 6.39 Å². The molecule has 0 aliphatic carbocycles. The van der Waals surface area contributed by atoms with Crippen molar-refractivity contribution in [2.45, 2.75) is 18.4 Å². The molecule has 1 aliphatic heterocycles. The van der Waals surface area contributed by atoms with E-state index >= 15 is 0 Å². The third kappa shape index (κ3) is 1.73. The predicted octanol–water partition coefficient (Wildman–Crippen LogP) is 0.596. The number of rotatable bonds is 3. The van der Waals surface area contributed by atoms with E-state index in [-0.39, 0.29) is 5.60 Å². The Labute approximate surface area is 77.3 Å². The largest absolute Gasteiger partial charge is 0.448 e. The molecule has 1 aliphatic rings. The van der Waals surface area contributed by atoms with Crippen LogP contribution < -0.4 is 5.32 Å². The van der Waals surface area contributed by atoms with Crippen LogP contribution in [0, 0.1) is 0 Å². The van der Waals surface area contributed by atoms with Crippen molar-refractivity contribution in [3.8, 4) is 0 Å². The normalized spacial score (nSPS) is 28.1. The minimum atomic E-state index is -0.0838. The molecular formula is C9H14N2O2. The van der Waals surface area contributed by atoms with Gasteiger partial charge in [-0.25, -0.2) is 4.98 Å². The third-order valence-electron chi connectivity index (χ3n) is 2.62. The monoisotopic (exact) mass is 182 g/mol. The van der Waals surface area contributed by atoms with Crippen LogP contribution in [0.4, 0.5) is 0 Å². The molecule has 0 aromatic carbocycles. The van der Waals surface area contributed by atoms with E-state index < -0.39 is 0 Å². The van der Waals surface area contributed by atoms with E-state index in [9.17, 15) is 0 Å². The van der Waals surface area contributed by atoms with Gasteiger partial charge in [0, 0.05) is 20.1 Å². The molecule has 72 valence electrons. The maximum Gasteiger partial charge on any atom is 0.180 e. The Kier molecular flexibility index (Phi) is 2.33. The van der Waals surface area contributed by atoms with Gasteiger partial charge < -0.3 is 14.5 Å². The van der Waals surface area contributed by atoms with Crippen LogP contribution >= 0.6 is 0 Å². The molecular weight excluding hydrogens is 168 g/mol. The summed E-state index contributed by atoms with van der Waals surface area (Å²) in [6.45, 7) is 1.91. The lowest BCUT2D eigenvalue weighted by Crippen LogP contribution is -2.36. The molecule has 1 saturated heterocycles. The quantitative estimate of drug-likeness (QED) is 0.743. The van der Waals surface area contributed by atoms with Crippen LogP contribution in [0.15, 0.2) is 17.0 Å². The van der Waals surface area contributed by atoms with Crippen molar-refractivity contribution >= 4 is 0 Å². The first-order valence-electron chi connectivity index (χ1n) is 4.48. The van der Waals surface area contributed by atoms with Crippen molar-refractivity contribution in [1.82, 2.24) is 10.3 Å². The van der Waals surface area contributed by atoms with Gasteiger partial charge in [-0.1, -0.05) is 0 Å². The van der Waals surface area contributed by atoms with Crippen molar-refractivity contribution in [2.75, 3.05) is 20.2 Å². The van der Waals surface area contributed by atoms with Gasteiger partial charge in [0.1, 0.15) is 5.76 Å². The Morgan fingerprint density at radius 2 is 2.69 bits per heavy atom. The van der Waals surface area contributed by atoms with Gasteiger partial charge in [0.05, 0.1) is 11.8 Å². The minimum absolute atomic E-state index is 0.0838. The van der Waals surface area contributed by atoms with Gasteiger partial charge >= 0.3 is 0 Å². The fourth-order valence-electron chi connectivity index (χ4n) is 1.77. The summed E-state index contributed by atoms with van der Waals surface area (Å²) in [5.74, 6) is 0.894. The highest BCUT2D eigenvalue weighted by molar-refractivity contribution is 5.01. The lowest BCUT2D eigenvalue weighted by Gasteiger charge is -2.24. The maximum atomic E-state index is 5.52. The molecule has 0 spiro atoms. The van der Waals surface area contributed by atoms with Crippen LogP contribution in [-0.2, 0) is 11.2 Å². The number of nitrogens with zero attached hydrogens (tertiary/aromatic N) is 1. The Bertz CT molecular complexity index is 253. The molecule has 4 heteroatoms. The summed E-state index contributed by atoms with van der Waals surface area (Å²) in [6.07, 6.45) is 5.04. The predicted molar refractivity (Wildman–Crippen MR) is 47.4 cm³/mol. The highest BCUT2D eigenvalue weighted by atomic mass is 16.5. The molecule has 0 bridgehead atoms. The van der Waals surface area contributed by atoms with Crippen molar-refractivity contribution < 1.29 is 9.15 Å². The molecule has 0 amide bonds. The second kappa shape index (κ2) is 3.47. The summed E-state index contributed by atoms with van der Waals surface area (Å²) in [6, 6.07) is 0. The van der Waals surface area contributed by atoms with E-state index in [2.05, 4.69) is 10.3 Å². The summed E-state index contributed by atoms with van der Waals surface area (Å²) in [5, 5.41) is 3.29. The van der Waals surface area contributed by atoms with Gasteiger partial charge in [0.25, 0.3) is 0 Å². The zero-order valence-electron chi connectivity index (χ0n) is 7.75. The molecule has 1 atom stereocenters. The van der Waals surface area contributed by atoms with Gasteiger partial charge in [-0.3, -0.25) is 0 Å². The summed E-state index contributed by atoms with van der Waals surface area (Å²) in [5.41, 5.74) is -0.0838. The van der Waals surface area contributed by atoms with E-state index in [4.69, 9.17) is 9.15 Å². The topological polar surface area (TPSA) is 47.3 Å². The van der Waals surface area contributed by atoms with E-state index in [0.717, 1.165) is 31.7 Å². The van der Waals surface area contributed by atoms with Crippen LogP contribution in [0.25, 0.3) is 0 Å². The van der Waals surface area contributed by atoms with E-state index in [1.165, 1.54) is 6.39 Å². The van der Waals surface area contributed by atoms with Crippen molar-refractivity contribution in [3.05, 3.63) is 18.4 Å². The first kappa shape index (κ1) is 8.72. The number of oxazole rings is 1. The molecule has 2 rings (SSSR count). The standard InChI is InChI=1S/C9H14N2O2/c1-12-9(2-3-10-6-9)4-8-5-11-7-13-8/h5,7,10H,2-4,6H2,1H3. The molecule has 1 aromatic rings. The van der Waals surface area contributed by atoms with Crippen molar-refractivity contribution in [1.29, 1.82) is 0 Å². The highest BCUT2D eigenvalue weighted by Gasteiger charge is 2.34. The number of nitrogens with one attached hydrogen (secondary N) is 1. The van der Waals surface area contributed by atoms with E-state index in [1.807, 2.05) is 0 Å². The summed E-state index contributed by atoms with van der Waals surface area (Å²) >= 11 is 0. The number of aromatic nitrogens is 1. The summed E-state index contributed by atoms with van der Waals surface area (Å²) in [4.78, 5) is 3.89. The maximum absolute atomic E-state index is 5.52. The second-order valence-electron chi connectivity index (χ2n) is 3.46. The number of ether oxygens (including phenoxy) is 1. The zero-order chi connectivity index (χ0) is 9.15. The summed E-state index contributed by atoms with van der Waals surface area (Å²) < 4.78 is 10.7. The van der Waals surface area contributed by atoms with Gasteiger partial charge in [-0.15, -0.1) is 0 Å². The number of methoxy groups -OCH3 is 1. The molecule has 1 N–H and O–H groups in total. The number of hydrogen-bond donors (Lipinski definition) is 1. The van der Waals surface area contributed by atoms with Crippen LogP contribution in [-0.4, -0.2) is 30.8 Å². The van der Waals surface area contributed by atoms with Crippen molar-refractivity contribution in [3.63, 3.8) is 0 Å². The van der Waals surface area contributed by atoms with Crippen molar-refractivity contribution in [2.24, 2.45) is 0 Å². The van der Waals surface area contributed by atoms with E-state index in [1.54, 1.807) is 13.3 Å². The molecule has 0 radical (unpaired) electrons. The Morgan fingerprint density at radius 3 is 3.23 bits per heavy atom. The van der Waals surface area contributed by atoms with Crippen LogP contribution in [0.2, 0.25) is 0 Å². The third-order valence-corrected chi connectivity index (χ3v) is 2.62. The lowest BCUT2D eigenvalue weighted by molar-refractivity contribution is 0.00392. The Balaban J connectivity index is 2.06. The average Bonchev–Trinajstić information content (AvgIpc) is 2.77. The Hall–Kier alpha value is -0.870. The highest BCUT2D eigenvalue weighted by Crippen LogP contribution is 2.23. The zero-order valence-corrected chi connectivity index (χ0v) is 7.75. The Morgan fingerprint density at radius 1 is 1.77 bits per heavy atom. The molecule has 4 nitrogen and oxygen atoms in total. The fraction of sp³-hybridized carbons (Fsp3) is 0.667. The molecule has 1 fully saturated rings. The lowest BCUT2D eigenvalue weighted by atomic mass is 9.97. The molecule has 13 heavy (non-hydrogen) atoms. The fourth-order valence-corrected chi connectivity index (χ4v) is 1.77. The van der Waals surface area contributed by atoms with Gasteiger partial charge in [-0.2, -0.15) is 0 Å². The summed E-state index contributed by atoms with van der Waals surface area (Å²) in [7, 11) is 1.75. The SMILES string of the molecule is COC1(Cc2cnco2)CCNC1. The minimum Gasteiger partial charge on any atom is -0.448 e. The van der Waals surface area contributed by atoms with Gasteiger partial charge in [0.2, 0.25) is 0 Å². The first-order chi connectivity index (χ1) is 6.35. The first-order valence-corrected chi connectivity index (χ1v) is 4.48. The molecule has 1 aromatic heterocycles. The van der Waals surface area contributed by atoms with Crippen LogP contribution in [0.5, 0.6) is 0 Å². The van der Waals surface area contributed by atoms with E-state index in [0.29, 0.717) is 0 Å². The van der Waals surface area contributed by atoms with Crippen LogP contribution in [0.1, 0.15) is 12.2 Å². The molecule has 0 saturated carbocycles. The number of hydrogen-bond acceptors (Lipinski definition) is 4. The van der Waals surface area contributed by atoms with Gasteiger partial charge in [-0.05, 0) is 13.0 Å².